The first-order valence-electron chi connectivity index (χ1n) is 3.65. The smallest absolute Gasteiger partial charge is 0.118 e. The lowest BCUT2D eigenvalue weighted by atomic mass is 10.1. The summed E-state index contributed by atoms with van der Waals surface area (Å²) in [6.07, 6.45) is 0.118. The van der Waals surface area contributed by atoms with Gasteiger partial charge in [-0.25, -0.2) is 5.11 Å². The highest BCUT2D eigenvalue weighted by atomic mass is 127. The highest BCUT2D eigenvalue weighted by Crippen LogP contribution is 2.17. The number of hydrogen-bond acceptors (Lipinski definition) is 0. The zero-order valence-corrected chi connectivity index (χ0v) is 8.54. The minimum absolute atomic E-state index is 0.549. The fraction of sp³-hybridized carbons (Fsp3) is 0.333. The first-order chi connectivity index (χ1) is 5.24. The summed E-state index contributed by atoms with van der Waals surface area (Å²) >= 11 is 2.23. The van der Waals surface area contributed by atoms with Crippen LogP contribution in [0.4, 0.5) is 0 Å². The zero-order valence-electron chi connectivity index (χ0n) is 6.38. The molecule has 0 saturated heterocycles. The second kappa shape index (κ2) is 4.07. The summed E-state index contributed by atoms with van der Waals surface area (Å²) in [5.41, 5.74) is 0.896. The molecule has 0 saturated carbocycles. The van der Waals surface area contributed by atoms with E-state index in [9.17, 15) is 5.11 Å². The van der Waals surface area contributed by atoms with Crippen LogP contribution in [0.2, 0.25) is 0 Å². The summed E-state index contributed by atoms with van der Waals surface area (Å²) in [7, 11) is 0. The Morgan fingerprint density at radius 1 is 1.36 bits per heavy atom. The molecule has 1 aromatic carbocycles. The molecule has 0 bridgehead atoms. The van der Waals surface area contributed by atoms with E-state index in [0.29, 0.717) is 6.42 Å². The van der Waals surface area contributed by atoms with Gasteiger partial charge in [-0.15, -0.1) is 0 Å². The molecule has 11 heavy (non-hydrogen) atoms. The molecule has 0 aromatic heterocycles. The van der Waals surface area contributed by atoms with Crippen LogP contribution in [0.15, 0.2) is 24.3 Å². The van der Waals surface area contributed by atoms with Crippen LogP contribution in [-0.4, -0.2) is 0 Å². The van der Waals surface area contributed by atoms with Crippen LogP contribution in [0, 0.1) is 3.57 Å². The first-order valence-corrected chi connectivity index (χ1v) is 4.73. The van der Waals surface area contributed by atoms with Crippen molar-refractivity contribution in [3.8, 4) is 0 Å². The van der Waals surface area contributed by atoms with Crippen molar-refractivity contribution in [1.29, 1.82) is 0 Å². The van der Waals surface area contributed by atoms with Crippen molar-refractivity contribution < 1.29 is 5.11 Å². The van der Waals surface area contributed by atoms with Crippen LogP contribution in [0.5, 0.6) is 0 Å². The van der Waals surface area contributed by atoms with Crippen molar-refractivity contribution in [2.24, 2.45) is 0 Å². The molecule has 0 fully saturated rings. The number of hydrogen-bond donors (Lipinski definition) is 0. The van der Waals surface area contributed by atoms with E-state index in [4.69, 9.17) is 0 Å². The van der Waals surface area contributed by atoms with Gasteiger partial charge in [-0.1, -0.05) is 19.1 Å². The van der Waals surface area contributed by atoms with Crippen LogP contribution < -0.4 is 0 Å². The van der Waals surface area contributed by atoms with E-state index in [1.54, 1.807) is 0 Å². The Bertz CT molecular complexity index is 218. The molecule has 0 heterocycles. The highest BCUT2D eigenvalue weighted by molar-refractivity contribution is 14.1. The maximum Gasteiger partial charge on any atom is 0.118 e. The van der Waals surface area contributed by atoms with Gasteiger partial charge in [0, 0.05) is 3.57 Å². The maximum atomic E-state index is 11.2. The lowest BCUT2D eigenvalue weighted by molar-refractivity contribution is 0.0857. The summed E-state index contributed by atoms with van der Waals surface area (Å²) in [5, 5.41) is 11.2. The van der Waals surface area contributed by atoms with Crippen molar-refractivity contribution in [2.75, 3.05) is 0 Å². The average molecular weight is 261 g/mol. The minimum Gasteiger partial charge on any atom is -0.228 e. The summed E-state index contributed by atoms with van der Waals surface area (Å²) in [4.78, 5) is 0. The Kier molecular flexibility index (Phi) is 3.33. The molecule has 0 N–H and O–H groups in total. The van der Waals surface area contributed by atoms with Crippen molar-refractivity contribution in [1.82, 2.24) is 0 Å². The summed E-state index contributed by atoms with van der Waals surface area (Å²) < 4.78 is 1.18. The first kappa shape index (κ1) is 9.00. The van der Waals surface area contributed by atoms with Gasteiger partial charge in [0.15, 0.2) is 0 Å². The Hall–Kier alpha value is -0.0900. The Morgan fingerprint density at radius 2 is 1.91 bits per heavy atom. The minimum atomic E-state index is -0.549. The molecule has 0 aliphatic carbocycles. The lowest BCUT2D eigenvalue weighted by Gasteiger charge is -2.04. The third kappa shape index (κ3) is 2.45. The quantitative estimate of drug-likeness (QED) is 0.729. The number of benzene rings is 1. The van der Waals surface area contributed by atoms with Crippen molar-refractivity contribution in [2.45, 2.75) is 19.4 Å². The summed E-state index contributed by atoms with van der Waals surface area (Å²) in [5.74, 6) is 0. The molecular weight excluding hydrogens is 251 g/mol. The molecule has 0 aliphatic rings. The van der Waals surface area contributed by atoms with E-state index < -0.39 is 6.10 Å². The zero-order chi connectivity index (χ0) is 8.27. The number of halogens is 1. The van der Waals surface area contributed by atoms with Gasteiger partial charge in [-0.05, 0) is 46.7 Å². The molecular formula is C9H10IO. The topological polar surface area (TPSA) is 19.9 Å². The SMILES string of the molecule is CCC([O])c1ccc(I)cc1. The van der Waals surface area contributed by atoms with E-state index in [1.807, 2.05) is 31.2 Å². The highest BCUT2D eigenvalue weighted by Gasteiger charge is 2.04. The standard InChI is InChI=1S/C9H10IO/c1-2-9(11)7-3-5-8(10)6-4-7/h3-6,9H,2H2,1H3. The Balaban J connectivity index is 2.81. The largest absolute Gasteiger partial charge is 0.228 e. The van der Waals surface area contributed by atoms with Gasteiger partial charge in [-0.3, -0.25) is 0 Å². The molecule has 1 aromatic rings. The molecule has 0 aliphatic heterocycles. The molecule has 2 heteroatoms. The van der Waals surface area contributed by atoms with E-state index in [1.165, 1.54) is 3.57 Å². The predicted octanol–water partition coefficient (Wildman–Crippen LogP) is 3.17. The van der Waals surface area contributed by atoms with Crippen molar-refractivity contribution >= 4 is 22.6 Å². The molecule has 1 nitrogen and oxygen atoms in total. The number of rotatable bonds is 2. The predicted molar refractivity (Wildman–Crippen MR) is 52.9 cm³/mol. The Labute approximate surface area is 80.6 Å². The van der Waals surface area contributed by atoms with Gasteiger partial charge in [0.05, 0.1) is 0 Å². The fourth-order valence-corrected chi connectivity index (χ4v) is 1.27. The van der Waals surface area contributed by atoms with Gasteiger partial charge < -0.3 is 0 Å². The van der Waals surface area contributed by atoms with Crippen LogP contribution in [-0.2, 0) is 5.11 Å². The van der Waals surface area contributed by atoms with Crippen LogP contribution >= 0.6 is 22.6 Å². The third-order valence-electron chi connectivity index (χ3n) is 1.61. The van der Waals surface area contributed by atoms with Gasteiger partial charge in [0.25, 0.3) is 0 Å². The summed E-state index contributed by atoms with van der Waals surface area (Å²) in [6, 6.07) is 7.75. The van der Waals surface area contributed by atoms with Crippen molar-refractivity contribution in [3.63, 3.8) is 0 Å². The van der Waals surface area contributed by atoms with Crippen LogP contribution in [0.1, 0.15) is 25.0 Å². The van der Waals surface area contributed by atoms with Crippen molar-refractivity contribution in [3.05, 3.63) is 33.4 Å². The van der Waals surface area contributed by atoms with Gasteiger partial charge in [0.2, 0.25) is 0 Å². The summed E-state index contributed by atoms with van der Waals surface area (Å²) in [6.45, 7) is 1.91. The van der Waals surface area contributed by atoms with E-state index in [2.05, 4.69) is 22.6 Å². The van der Waals surface area contributed by atoms with Gasteiger partial charge in [-0.2, -0.15) is 0 Å². The third-order valence-corrected chi connectivity index (χ3v) is 2.33. The fourth-order valence-electron chi connectivity index (χ4n) is 0.913. The van der Waals surface area contributed by atoms with E-state index in [-0.39, 0.29) is 0 Å². The van der Waals surface area contributed by atoms with E-state index in [0.717, 1.165) is 5.56 Å². The second-order valence-electron chi connectivity index (χ2n) is 2.45. The molecule has 1 radical (unpaired) electrons. The Morgan fingerprint density at radius 3 is 2.36 bits per heavy atom. The van der Waals surface area contributed by atoms with E-state index >= 15 is 0 Å². The van der Waals surface area contributed by atoms with Crippen LogP contribution in [0.3, 0.4) is 0 Å². The van der Waals surface area contributed by atoms with Gasteiger partial charge in [0.1, 0.15) is 6.10 Å². The maximum absolute atomic E-state index is 11.2. The molecule has 1 rings (SSSR count). The molecule has 0 spiro atoms. The molecule has 1 unspecified atom stereocenters. The monoisotopic (exact) mass is 261 g/mol. The molecule has 59 valence electrons. The average Bonchev–Trinajstić information content (AvgIpc) is 2.05. The van der Waals surface area contributed by atoms with Crippen LogP contribution in [0.25, 0.3) is 0 Å². The van der Waals surface area contributed by atoms with Gasteiger partial charge >= 0.3 is 0 Å². The molecule has 0 amide bonds. The normalized spacial score (nSPS) is 13.0. The molecule has 1 atom stereocenters. The second-order valence-corrected chi connectivity index (χ2v) is 3.69. The lowest BCUT2D eigenvalue weighted by Crippen LogP contribution is -1.92.